The summed E-state index contributed by atoms with van der Waals surface area (Å²) in [6.07, 6.45) is 1.94. The van der Waals surface area contributed by atoms with Gasteiger partial charge in [-0.3, -0.25) is 10.2 Å². The zero-order chi connectivity index (χ0) is 14.5. The standard InChI is InChI=1S/C13H15N5OS/c1-20-12-7-9(14)6-11(17-12)16-10-4-2-8(3-5-10)13(19)18-15/h2-7H,15H2,1H3,(H,18,19)(H3,14,16,17). The Morgan fingerprint density at radius 2 is 1.95 bits per heavy atom. The van der Waals surface area contributed by atoms with Crippen molar-refractivity contribution >= 4 is 34.9 Å². The van der Waals surface area contributed by atoms with Crippen molar-refractivity contribution in [2.24, 2.45) is 5.84 Å². The normalized spacial score (nSPS) is 10.1. The van der Waals surface area contributed by atoms with Gasteiger partial charge in [0.2, 0.25) is 0 Å². The molecule has 0 atom stereocenters. The predicted octanol–water partition coefficient (Wildman–Crippen LogP) is 1.73. The number of carbonyl (C=O) groups is 1. The van der Waals surface area contributed by atoms with E-state index in [4.69, 9.17) is 11.6 Å². The Kier molecular flexibility index (Phi) is 4.44. The summed E-state index contributed by atoms with van der Waals surface area (Å²) in [5.74, 6) is 5.40. The second-order valence-electron chi connectivity index (χ2n) is 4.00. The van der Waals surface area contributed by atoms with Crippen molar-refractivity contribution in [3.63, 3.8) is 0 Å². The first-order valence-electron chi connectivity index (χ1n) is 5.82. The van der Waals surface area contributed by atoms with Crippen LogP contribution in [0.5, 0.6) is 0 Å². The summed E-state index contributed by atoms with van der Waals surface area (Å²) in [4.78, 5) is 15.7. The molecule has 0 aliphatic rings. The fraction of sp³-hybridized carbons (Fsp3) is 0.0769. The second-order valence-corrected chi connectivity index (χ2v) is 4.83. The van der Waals surface area contributed by atoms with Crippen molar-refractivity contribution in [3.05, 3.63) is 42.0 Å². The Bertz CT molecular complexity index is 615. The van der Waals surface area contributed by atoms with E-state index in [0.717, 1.165) is 10.7 Å². The number of hydrogen-bond acceptors (Lipinski definition) is 6. The molecule has 0 saturated carbocycles. The average Bonchev–Trinajstić information content (AvgIpc) is 2.46. The zero-order valence-corrected chi connectivity index (χ0v) is 11.7. The van der Waals surface area contributed by atoms with Gasteiger partial charge in [-0.05, 0) is 36.6 Å². The molecule has 6 N–H and O–H groups in total. The highest BCUT2D eigenvalue weighted by atomic mass is 32.2. The van der Waals surface area contributed by atoms with Gasteiger partial charge in [-0.15, -0.1) is 11.8 Å². The van der Waals surface area contributed by atoms with E-state index in [1.807, 2.05) is 12.3 Å². The Morgan fingerprint density at radius 3 is 2.55 bits per heavy atom. The molecule has 7 heteroatoms. The molecule has 20 heavy (non-hydrogen) atoms. The van der Waals surface area contributed by atoms with Gasteiger partial charge in [-0.25, -0.2) is 10.8 Å². The number of nitrogens with two attached hydrogens (primary N) is 2. The maximum atomic E-state index is 11.3. The number of hydrogen-bond donors (Lipinski definition) is 4. The topological polar surface area (TPSA) is 106 Å². The van der Waals surface area contributed by atoms with Crippen molar-refractivity contribution in [3.8, 4) is 0 Å². The summed E-state index contributed by atoms with van der Waals surface area (Å²) < 4.78 is 0. The molecule has 1 aromatic heterocycles. The Labute approximate surface area is 120 Å². The molecule has 1 amide bonds. The lowest BCUT2D eigenvalue weighted by molar-refractivity contribution is 0.0953. The maximum absolute atomic E-state index is 11.3. The molecule has 0 bridgehead atoms. The third-order valence-electron chi connectivity index (χ3n) is 2.58. The van der Waals surface area contributed by atoms with E-state index >= 15 is 0 Å². The van der Waals surface area contributed by atoms with Gasteiger partial charge in [0.05, 0.1) is 0 Å². The van der Waals surface area contributed by atoms with Crippen LogP contribution in [0.25, 0.3) is 0 Å². The smallest absolute Gasteiger partial charge is 0.265 e. The summed E-state index contributed by atoms with van der Waals surface area (Å²) in [5.41, 5.74) is 9.84. The van der Waals surface area contributed by atoms with Crippen LogP contribution in [-0.4, -0.2) is 17.1 Å². The molecule has 1 heterocycles. The molecule has 0 spiro atoms. The van der Waals surface area contributed by atoms with Gasteiger partial charge in [0.15, 0.2) is 0 Å². The quantitative estimate of drug-likeness (QED) is 0.296. The summed E-state index contributed by atoms with van der Waals surface area (Å²) in [7, 11) is 0. The highest BCUT2D eigenvalue weighted by Gasteiger charge is 2.04. The number of aromatic nitrogens is 1. The first-order chi connectivity index (χ1) is 9.62. The molecule has 6 nitrogen and oxygen atoms in total. The minimum absolute atomic E-state index is 0.330. The third-order valence-corrected chi connectivity index (χ3v) is 3.21. The van der Waals surface area contributed by atoms with Crippen LogP contribution in [-0.2, 0) is 0 Å². The van der Waals surface area contributed by atoms with Gasteiger partial charge >= 0.3 is 0 Å². The van der Waals surface area contributed by atoms with Crippen LogP contribution in [0.4, 0.5) is 17.2 Å². The van der Waals surface area contributed by atoms with Crippen LogP contribution >= 0.6 is 11.8 Å². The van der Waals surface area contributed by atoms with Gasteiger partial charge in [-0.1, -0.05) is 0 Å². The lowest BCUT2D eigenvalue weighted by Gasteiger charge is -2.08. The van der Waals surface area contributed by atoms with Gasteiger partial charge in [-0.2, -0.15) is 0 Å². The highest BCUT2D eigenvalue weighted by molar-refractivity contribution is 7.98. The van der Waals surface area contributed by atoms with Crippen LogP contribution < -0.4 is 22.3 Å². The summed E-state index contributed by atoms with van der Waals surface area (Å²) in [6.45, 7) is 0. The van der Waals surface area contributed by atoms with E-state index in [0.29, 0.717) is 17.1 Å². The molecule has 0 aliphatic heterocycles. The average molecular weight is 289 g/mol. The highest BCUT2D eigenvalue weighted by Crippen LogP contribution is 2.22. The minimum Gasteiger partial charge on any atom is -0.399 e. The number of pyridine rings is 1. The van der Waals surface area contributed by atoms with E-state index in [1.54, 1.807) is 30.3 Å². The maximum Gasteiger partial charge on any atom is 0.265 e. The molecular weight excluding hydrogens is 274 g/mol. The number of nitrogens with zero attached hydrogens (tertiary/aromatic N) is 1. The van der Waals surface area contributed by atoms with Crippen molar-refractivity contribution in [2.75, 3.05) is 17.3 Å². The predicted molar refractivity (Wildman–Crippen MR) is 81.8 cm³/mol. The summed E-state index contributed by atoms with van der Waals surface area (Å²) in [6, 6.07) is 10.5. The van der Waals surface area contributed by atoms with E-state index in [-0.39, 0.29) is 5.91 Å². The number of rotatable bonds is 4. The van der Waals surface area contributed by atoms with Crippen LogP contribution in [0.15, 0.2) is 41.4 Å². The summed E-state index contributed by atoms with van der Waals surface area (Å²) >= 11 is 1.52. The molecule has 0 unspecified atom stereocenters. The van der Waals surface area contributed by atoms with E-state index in [2.05, 4.69) is 15.7 Å². The van der Waals surface area contributed by atoms with Crippen molar-refractivity contribution in [2.45, 2.75) is 5.03 Å². The first kappa shape index (κ1) is 14.2. The first-order valence-corrected chi connectivity index (χ1v) is 7.04. The minimum atomic E-state index is -0.330. The molecule has 0 radical (unpaired) electrons. The monoisotopic (exact) mass is 289 g/mol. The summed E-state index contributed by atoms with van der Waals surface area (Å²) in [5, 5.41) is 3.98. The number of carbonyl (C=O) groups excluding carboxylic acids is 1. The Balaban J connectivity index is 2.17. The van der Waals surface area contributed by atoms with Crippen molar-refractivity contribution in [1.82, 2.24) is 10.4 Å². The number of amides is 1. The lowest BCUT2D eigenvalue weighted by atomic mass is 10.2. The van der Waals surface area contributed by atoms with E-state index in [1.165, 1.54) is 11.8 Å². The number of nitrogen functional groups attached to an aromatic ring is 2. The van der Waals surface area contributed by atoms with Crippen LogP contribution in [0.3, 0.4) is 0 Å². The number of benzene rings is 1. The van der Waals surface area contributed by atoms with Crippen molar-refractivity contribution in [1.29, 1.82) is 0 Å². The van der Waals surface area contributed by atoms with Gasteiger partial charge < -0.3 is 11.1 Å². The third kappa shape index (κ3) is 3.40. The fourth-order valence-corrected chi connectivity index (χ4v) is 2.07. The fourth-order valence-electron chi connectivity index (χ4n) is 1.63. The van der Waals surface area contributed by atoms with E-state index in [9.17, 15) is 4.79 Å². The largest absolute Gasteiger partial charge is 0.399 e. The van der Waals surface area contributed by atoms with Crippen LogP contribution in [0.1, 0.15) is 10.4 Å². The molecule has 0 aliphatic carbocycles. The molecule has 2 aromatic rings. The van der Waals surface area contributed by atoms with Gasteiger partial charge in [0.1, 0.15) is 10.8 Å². The number of hydrazine groups is 1. The molecule has 104 valence electrons. The molecule has 0 fully saturated rings. The number of nitrogens with one attached hydrogen (secondary N) is 2. The Morgan fingerprint density at radius 1 is 1.25 bits per heavy atom. The molecule has 1 aromatic carbocycles. The number of thioether (sulfide) groups is 1. The zero-order valence-electron chi connectivity index (χ0n) is 10.9. The van der Waals surface area contributed by atoms with Gasteiger partial charge in [0, 0.05) is 23.0 Å². The SMILES string of the molecule is CSc1cc(N)cc(Nc2ccc(C(=O)NN)cc2)n1. The Hall–Kier alpha value is -2.25. The van der Waals surface area contributed by atoms with E-state index < -0.39 is 0 Å². The van der Waals surface area contributed by atoms with Crippen LogP contribution in [0.2, 0.25) is 0 Å². The van der Waals surface area contributed by atoms with Crippen LogP contribution in [0, 0.1) is 0 Å². The number of anilines is 3. The second kappa shape index (κ2) is 6.27. The van der Waals surface area contributed by atoms with Crippen molar-refractivity contribution < 1.29 is 4.79 Å². The molecular formula is C13H15N5OS. The molecule has 2 rings (SSSR count). The lowest BCUT2D eigenvalue weighted by Crippen LogP contribution is -2.29. The van der Waals surface area contributed by atoms with Gasteiger partial charge in [0.25, 0.3) is 5.91 Å². The molecule has 0 saturated heterocycles.